The van der Waals surface area contributed by atoms with Gasteiger partial charge in [-0.05, 0) is 24.6 Å². The molecule has 0 amide bonds. The van der Waals surface area contributed by atoms with Crippen molar-refractivity contribution in [3.8, 4) is 17.1 Å². The Balaban J connectivity index is 1.46. The quantitative estimate of drug-likeness (QED) is 0.609. The molecule has 4 rings (SSSR count). The van der Waals surface area contributed by atoms with Crippen LogP contribution in [0.15, 0.2) is 58.0 Å². The summed E-state index contributed by atoms with van der Waals surface area (Å²) >= 11 is 0. The van der Waals surface area contributed by atoms with Crippen molar-refractivity contribution in [1.82, 2.24) is 14.3 Å². The number of nitrogens with zero attached hydrogens (tertiary/aromatic N) is 3. The van der Waals surface area contributed by atoms with Crippen LogP contribution in [0.4, 0.5) is 4.39 Å². The monoisotopic (exact) mass is 403 g/mol. The summed E-state index contributed by atoms with van der Waals surface area (Å²) in [6, 6.07) is 10.8. The fraction of sp³-hybridized carbons (Fsp3) is 0.263. The Morgan fingerprint density at radius 2 is 1.96 bits per heavy atom. The van der Waals surface area contributed by atoms with E-state index in [1.54, 1.807) is 37.3 Å². The zero-order valence-electron chi connectivity index (χ0n) is 15.1. The number of aryl methyl sites for hydroxylation is 1. The van der Waals surface area contributed by atoms with Crippen molar-refractivity contribution in [2.24, 2.45) is 0 Å². The number of aromatic nitrogens is 2. The molecule has 28 heavy (non-hydrogen) atoms. The first kappa shape index (κ1) is 18.6. The average molecular weight is 403 g/mol. The molecule has 0 radical (unpaired) electrons. The third kappa shape index (κ3) is 3.76. The molecule has 146 valence electrons. The minimum atomic E-state index is -3.65. The van der Waals surface area contributed by atoms with Gasteiger partial charge < -0.3 is 9.15 Å². The van der Waals surface area contributed by atoms with Crippen molar-refractivity contribution in [2.75, 3.05) is 13.1 Å². The van der Waals surface area contributed by atoms with E-state index in [1.165, 1.54) is 22.7 Å². The van der Waals surface area contributed by atoms with E-state index in [0.717, 1.165) is 5.56 Å². The number of rotatable bonds is 5. The van der Waals surface area contributed by atoms with Gasteiger partial charge in [0.05, 0.1) is 11.4 Å². The lowest BCUT2D eigenvalue weighted by atomic mass is 10.2. The molecule has 1 fully saturated rings. The topological polar surface area (TPSA) is 85.5 Å². The van der Waals surface area contributed by atoms with Gasteiger partial charge in [-0.25, -0.2) is 13.4 Å². The minimum absolute atomic E-state index is 0.150. The van der Waals surface area contributed by atoms with Crippen molar-refractivity contribution >= 4 is 10.0 Å². The van der Waals surface area contributed by atoms with Crippen LogP contribution in [0.5, 0.6) is 5.88 Å². The van der Waals surface area contributed by atoms with Crippen molar-refractivity contribution in [1.29, 1.82) is 0 Å². The lowest BCUT2D eigenvalue weighted by molar-refractivity contribution is 0.204. The lowest BCUT2D eigenvalue weighted by Crippen LogP contribution is -2.31. The third-order valence-corrected chi connectivity index (χ3v) is 6.37. The predicted octanol–water partition coefficient (Wildman–Crippen LogP) is 3.03. The van der Waals surface area contributed by atoms with E-state index >= 15 is 0 Å². The van der Waals surface area contributed by atoms with Crippen LogP contribution in [0, 0.1) is 12.9 Å². The maximum atomic E-state index is 13.2. The molecular weight excluding hydrogens is 385 g/mol. The molecule has 3 aromatic rings. The van der Waals surface area contributed by atoms with E-state index in [0.29, 0.717) is 24.6 Å². The minimum Gasteiger partial charge on any atom is -0.473 e. The first-order valence-electron chi connectivity index (χ1n) is 8.74. The number of halogens is 1. The van der Waals surface area contributed by atoms with E-state index in [9.17, 15) is 12.8 Å². The zero-order chi connectivity index (χ0) is 19.7. The van der Waals surface area contributed by atoms with E-state index in [-0.39, 0.29) is 23.4 Å². The van der Waals surface area contributed by atoms with Gasteiger partial charge in [-0.1, -0.05) is 18.2 Å². The molecule has 9 heteroatoms. The molecule has 1 aliphatic rings. The lowest BCUT2D eigenvalue weighted by Gasteiger charge is -2.17. The smallest absolute Gasteiger partial charge is 0.243 e. The average Bonchev–Trinajstić information content (AvgIpc) is 3.31. The molecule has 0 saturated carbocycles. The fourth-order valence-electron chi connectivity index (χ4n) is 3.08. The van der Waals surface area contributed by atoms with Crippen LogP contribution < -0.4 is 4.74 Å². The molecule has 1 aliphatic heterocycles. The van der Waals surface area contributed by atoms with Crippen LogP contribution in [0.25, 0.3) is 11.3 Å². The Labute approximate surface area is 161 Å². The molecular formula is C19H18FN3O4S. The van der Waals surface area contributed by atoms with Crippen molar-refractivity contribution in [3.05, 3.63) is 60.6 Å². The zero-order valence-corrected chi connectivity index (χ0v) is 15.9. The molecule has 0 bridgehead atoms. The van der Waals surface area contributed by atoms with Gasteiger partial charge in [-0.2, -0.15) is 13.7 Å². The largest absolute Gasteiger partial charge is 0.473 e. The van der Waals surface area contributed by atoms with Crippen molar-refractivity contribution < 1.29 is 22.0 Å². The van der Waals surface area contributed by atoms with E-state index < -0.39 is 16.0 Å². The second-order valence-electron chi connectivity index (χ2n) is 6.47. The predicted molar refractivity (Wildman–Crippen MR) is 98.7 cm³/mol. The second-order valence-corrected chi connectivity index (χ2v) is 8.40. The fourth-order valence-corrected chi connectivity index (χ4v) is 4.57. The summed E-state index contributed by atoms with van der Waals surface area (Å²) in [7, 11) is -3.65. The molecule has 1 saturated heterocycles. The Hall–Kier alpha value is -2.78. The van der Waals surface area contributed by atoms with Gasteiger partial charge in [-0.3, -0.25) is 0 Å². The summed E-state index contributed by atoms with van der Waals surface area (Å²) in [6.45, 7) is 2.25. The summed E-state index contributed by atoms with van der Waals surface area (Å²) in [5.74, 6) is 0.0569. The van der Waals surface area contributed by atoms with Crippen molar-refractivity contribution in [3.63, 3.8) is 0 Å². The van der Waals surface area contributed by atoms with Gasteiger partial charge >= 0.3 is 0 Å². The maximum absolute atomic E-state index is 13.2. The Morgan fingerprint density at radius 3 is 2.64 bits per heavy atom. The van der Waals surface area contributed by atoms with Crippen molar-refractivity contribution in [2.45, 2.75) is 24.3 Å². The Bertz CT molecular complexity index is 1080. The summed E-state index contributed by atoms with van der Waals surface area (Å²) in [5, 5.41) is 0. The van der Waals surface area contributed by atoms with E-state index in [1.807, 2.05) is 0 Å². The van der Waals surface area contributed by atoms with E-state index in [2.05, 4.69) is 9.97 Å². The number of sulfonamides is 1. The van der Waals surface area contributed by atoms with Crippen LogP contribution in [-0.4, -0.2) is 41.9 Å². The van der Waals surface area contributed by atoms with Gasteiger partial charge in [0.1, 0.15) is 18.1 Å². The SMILES string of the molecule is Cc1nc(-c2ccc(S(=O)(=O)N3CCC(Oc4cccc(F)n4)C3)cc2)co1. The number of ether oxygens (including phenoxy) is 1. The molecule has 0 aliphatic carbocycles. The van der Waals surface area contributed by atoms with Gasteiger partial charge in [0.25, 0.3) is 0 Å². The molecule has 2 aromatic heterocycles. The van der Waals surface area contributed by atoms with Crippen LogP contribution >= 0.6 is 0 Å². The molecule has 7 nitrogen and oxygen atoms in total. The highest BCUT2D eigenvalue weighted by atomic mass is 32.2. The normalized spacial score (nSPS) is 17.7. The van der Waals surface area contributed by atoms with Crippen LogP contribution in [0.2, 0.25) is 0 Å². The third-order valence-electron chi connectivity index (χ3n) is 4.49. The highest BCUT2D eigenvalue weighted by molar-refractivity contribution is 7.89. The molecule has 1 unspecified atom stereocenters. The van der Waals surface area contributed by atoms with Crippen LogP contribution in [-0.2, 0) is 10.0 Å². The molecule has 1 aromatic carbocycles. The first-order valence-corrected chi connectivity index (χ1v) is 10.2. The molecule has 0 N–H and O–H groups in total. The maximum Gasteiger partial charge on any atom is 0.243 e. The summed E-state index contributed by atoms with van der Waals surface area (Å²) in [6.07, 6.45) is 1.66. The number of oxazole rings is 1. The summed E-state index contributed by atoms with van der Waals surface area (Å²) in [4.78, 5) is 8.08. The highest BCUT2D eigenvalue weighted by Crippen LogP contribution is 2.26. The molecule has 1 atom stereocenters. The molecule has 0 spiro atoms. The first-order chi connectivity index (χ1) is 13.4. The number of pyridine rings is 1. The highest BCUT2D eigenvalue weighted by Gasteiger charge is 2.33. The standard InChI is InChI=1S/C19H18FN3O4S/c1-13-21-17(12-26-13)14-5-7-16(8-6-14)28(24,25)23-10-9-15(11-23)27-19-4-2-3-18(20)22-19/h2-8,12,15H,9-11H2,1H3. The number of hydrogen-bond donors (Lipinski definition) is 0. The van der Waals surface area contributed by atoms with Crippen LogP contribution in [0.1, 0.15) is 12.3 Å². The van der Waals surface area contributed by atoms with Gasteiger partial charge in [0.15, 0.2) is 5.89 Å². The Kier molecular flexibility index (Phi) is 4.86. The number of hydrogen-bond acceptors (Lipinski definition) is 6. The summed E-state index contributed by atoms with van der Waals surface area (Å²) in [5.41, 5.74) is 1.43. The van der Waals surface area contributed by atoms with Crippen LogP contribution in [0.3, 0.4) is 0 Å². The second kappa shape index (κ2) is 7.33. The molecule has 3 heterocycles. The van der Waals surface area contributed by atoms with Gasteiger partial charge in [0, 0.05) is 25.1 Å². The number of benzene rings is 1. The van der Waals surface area contributed by atoms with Gasteiger partial charge in [0.2, 0.25) is 21.9 Å². The van der Waals surface area contributed by atoms with Gasteiger partial charge in [-0.15, -0.1) is 0 Å². The van der Waals surface area contributed by atoms with E-state index in [4.69, 9.17) is 9.15 Å². The summed E-state index contributed by atoms with van der Waals surface area (Å²) < 4.78 is 51.1. The Morgan fingerprint density at radius 1 is 1.18 bits per heavy atom.